The molecule has 1 aliphatic rings. The Balaban J connectivity index is 1.67. The highest BCUT2D eigenvalue weighted by Gasteiger charge is 2.30. The molecular formula is C15H17F2N3O2S2. The van der Waals surface area contributed by atoms with Crippen LogP contribution in [-0.4, -0.2) is 48.8 Å². The molecule has 1 saturated heterocycles. The van der Waals surface area contributed by atoms with E-state index in [9.17, 15) is 17.2 Å². The zero-order valence-electron chi connectivity index (χ0n) is 13.1. The molecule has 9 heteroatoms. The maximum absolute atomic E-state index is 13.8. The van der Waals surface area contributed by atoms with E-state index in [0.717, 1.165) is 22.8 Å². The second kappa shape index (κ2) is 6.83. The van der Waals surface area contributed by atoms with Crippen LogP contribution < -0.4 is 0 Å². The molecular weight excluding hydrogens is 356 g/mol. The molecule has 0 amide bonds. The Bertz CT molecular complexity index is 831. The molecule has 1 fully saturated rings. The number of halogens is 2. The van der Waals surface area contributed by atoms with Crippen LogP contribution >= 0.6 is 11.3 Å². The molecule has 2 aromatic rings. The minimum atomic E-state index is -3.95. The van der Waals surface area contributed by atoms with Crippen molar-refractivity contribution in [1.29, 1.82) is 0 Å². The van der Waals surface area contributed by atoms with Gasteiger partial charge in [-0.05, 0) is 19.1 Å². The topological polar surface area (TPSA) is 53.5 Å². The van der Waals surface area contributed by atoms with Gasteiger partial charge in [-0.1, -0.05) is 0 Å². The first kappa shape index (κ1) is 17.4. The van der Waals surface area contributed by atoms with Crippen LogP contribution in [0.25, 0.3) is 0 Å². The lowest BCUT2D eigenvalue weighted by atomic mass is 10.3. The van der Waals surface area contributed by atoms with Gasteiger partial charge in [0.2, 0.25) is 10.0 Å². The Labute approximate surface area is 143 Å². The van der Waals surface area contributed by atoms with Gasteiger partial charge in [0.15, 0.2) is 0 Å². The van der Waals surface area contributed by atoms with Crippen LogP contribution in [0.5, 0.6) is 0 Å². The summed E-state index contributed by atoms with van der Waals surface area (Å²) in [6.45, 7) is 4.22. The number of thiazole rings is 1. The molecule has 24 heavy (non-hydrogen) atoms. The smallest absolute Gasteiger partial charge is 0.246 e. The first-order chi connectivity index (χ1) is 11.4. The number of hydrogen-bond acceptors (Lipinski definition) is 5. The van der Waals surface area contributed by atoms with Crippen LogP contribution in [0.3, 0.4) is 0 Å². The van der Waals surface area contributed by atoms with Gasteiger partial charge in [0, 0.05) is 44.2 Å². The number of aryl methyl sites for hydroxylation is 1. The molecule has 5 nitrogen and oxygen atoms in total. The number of rotatable bonds is 4. The van der Waals surface area contributed by atoms with Crippen LogP contribution in [0.4, 0.5) is 8.78 Å². The fourth-order valence-corrected chi connectivity index (χ4v) is 4.73. The molecule has 1 aromatic carbocycles. The Kier molecular flexibility index (Phi) is 4.95. The molecule has 0 unspecified atom stereocenters. The van der Waals surface area contributed by atoms with Gasteiger partial charge < -0.3 is 0 Å². The quantitative estimate of drug-likeness (QED) is 0.825. The van der Waals surface area contributed by atoms with Crippen molar-refractivity contribution in [3.05, 3.63) is 45.9 Å². The van der Waals surface area contributed by atoms with Crippen molar-refractivity contribution in [1.82, 2.24) is 14.2 Å². The van der Waals surface area contributed by atoms with Crippen molar-refractivity contribution >= 4 is 21.4 Å². The third-order valence-electron chi connectivity index (χ3n) is 3.90. The summed E-state index contributed by atoms with van der Waals surface area (Å²) in [6, 6.07) is 2.52. The average Bonchev–Trinajstić information content (AvgIpc) is 2.92. The molecule has 0 atom stereocenters. The van der Waals surface area contributed by atoms with E-state index in [0.29, 0.717) is 25.7 Å². The lowest BCUT2D eigenvalue weighted by Crippen LogP contribution is -2.48. The van der Waals surface area contributed by atoms with Crippen LogP contribution in [0.1, 0.15) is 10.7 Å². The largest absolute Gasteiger partial charge is 0.295 e. The first-order valence-electron chi connectivity index (χ1n) is 7.45. The molecule has 0 bridgehead atoms. The SMILES string of the molecule is Cc1nc(CN2CCN(S(=O)(=O)c3ccc(F)cc3F)CC2)cs1. The molecule has 0 spiro atoms. The third-order valence-corrected chi connectivity index (χ3v) is 6.65. The van der Waals surface area contributed by atoms with Crippen molar-refractivity contribution < 1.29 is 17.2 Å². The fraction of sp³-hybridized carbons (Fsp3) is 0.400. The van der Waals surface area contributed by atoms with E-state index in [2.05, 4.69) is 9.88 Å². The van der Waals surface area contributed by atoms with Gasteiger partial charge >= 0.3 is 0 Å². The minimum Gasteiger partial charge on any atom is -0.295 e. The van der Waals surface area contributed by atoms with Crippen molar-refractivity contribution in [2.45, 2.75) is 18.4 Å². The second-order valence-electron chi connectivity index (χ2n) is 5.61. The predicted molar refractivity (Wildman–Crippen MR) is 87.2 cm³/mol. The molecule has 1 aliphatic heterocycles. The summed E-state index contributed by atoms with van der Waals surface area (Å²) in [5.41, 5.74) is 0.971. The molecule has 0 radical (unpaired) electrons. The van der Waals surface area contributed by atoms with Crippen molar-refractivity contribution in [3.8, 4) is 0 Å². The molecule has 2 heterocycles. The van der Waals surface area contributed by atoms with Gasteiger partial charge in [0.25, 0.3) is 0 Å². The van der Waals surface area contributed by atoms with E-state index >= 15 is 0 Å². The summed E-state index contributed by atoms with van der Waals surface area (Å²) < 4.78 is 53.1. The highest BCUT2D eigenvalue weighted by Crippen LogP contribution is 2.22. The Hall–Kier alpha value is -1.42. The lowest BCUT2D eigenvalue weighted by molar-refractivity contribution is 0.180. The van der Waals surface area contributed by atoms with E-state index in [4.69, 9.17) is 0 Å². The second-order valence-corrected chi connectivity index (χ2v) is 8.58. The normalized spacial score (nSPS) is 17.3. The third kappa shape index (κ3) is 3.64. The first-order valence-corrected chi connectivity index (χ1v) is 9.77. The summed E-state index contributed by atoms with van der Waals surface area (Å²) in [5, 5.41) is 2.99. The number of hydrogen-bond donors (Lipinski definition) is 0. The molecule has 3 rings (SSSR count). The number of sulfonamides is 1. The van der Waals surface area contributed by atoms with Crippen molar-refractivity contribution in [2.75, 3.05) is 26.2 Å². The van der Waals surface area contributed by atoms with E-state index in [-0.39, 0.29) is 13.1 Å². The molecule has 1 aromatic heterocycles. The van der Waals surface area contributed by atoms with E-state index in [1.165, 1.54) is 4.31 Å². The van der Waals surface area contributed by atoms with E-state index in [1.807, 2.05) is 12.3 Å². The van der Waals surface area contributed by atoms with Gasteiger partial charge in [-0.15, -0.1) is 11.3 Å². The van der Waals surface area contributed by atoms with Crippen LogP contribution in [0, 0.1) is 18.6 Å². The molecule has 0 saturated carbocycles. The zero-order chi connectivity index (χ0) is 17.3. The van der Waals surface area contributed by atoms with Crippen LogP contribution in [-0.2, 0) is 16.6 Å². The highest BCUT2D eigenvalue weighted by atomic mass is 32.2. The molecule has 0 aliphatic carbocycles. The van der Waals surface area contributed by atoms with Gasteiger partial charge in [0.05, 0.1) is 10.7 Å². The van der Waals surface area contributed by atoms with E-state index in [1.54, 1.807) is 11.3 Å². The summed E-state index contributed by atoms with van der Waals surface area (Å²) in [4.78, 5) is 6.03. The predicted octanol–water partition coefficient (Wildman–Crippen LogP) is 2.24. The Morgan fingerprint density at radius 1 is 1.21 bits per heavy atom. The van der Waals surface area contributed by atoms with Crippen LogP contribution in [0.15, 0.2) is 28.5 Å². The van der Waals surface area contributed by atoms with Crippen molar-refractivity contribution in [3.63, 3.8) is 0 Å². The summed E-state index contributed by atoms with van der Waals surface area (Å²) >= 11 is 1.58. The number of piperazine rings is 1. The monoisotopic (exact) mass is 373 g/mol. The summed E-state index contributed by atoms with van der Waals surface area (Å²) in [6.07, 6.45) is 0. The maximum atomic E-state index is 13.8. The summed E-state index contributed by atoms with van der Waals surface area (Å²) in [5.74, 6) is -1.86. The number of benzene rings is 1. The number of nitrogens with zero attached hydrogens (tertiary/aromatic N) is 3. The minimum absolute atomic E-state index is 0.266. The zero-order valence-corrected chi connectivity index (χ0v) is 14.7. The van der Waals surface area contributed by atoms with Gasteiger partial charge in [0.1, 0.15) is 16.5 Å². The van der Waals surface area contributed by atoms with Gasteiger partial charge in [-0.25, -0.2) is 22.2 Å². The standard InChI is InChI=1S/C15H17F2N3O2S2/c1-11-18-13(10-23-11)9-19-4-6-20(7-5-19)24(21,22)15-3-2-12(16)8-14(15)17/h2-3,8,10H,4-7,9H2,1H3. The fourth-order valence-electron chi connectivity index (χ4n) is 2.66. The van der Waals surface area contributed by atoms with Crippen LogP contribution in [0.2, 0.25) is 0 Å². The molecule has 130 valence electrons. The number of aromatic nitrogens is 1. The maximum Gasteiger partial charge on any atom is 0.246 e. The average molecular weight is 373 g/mol. The lowest BCUT2D eigenvalue weighted by Gasteiger charge is -2.33. The highest BCUT2D eigenvalue weighted by molar-refractivity contribution is 7.89. The van der Waals surface area contributed by atoms with Crippen molar-refractivity contribution in [2.24, 2.45) is 0 Å². The Morgan fingerprint density at radius 2 is 1.92 bits per heavy atom. The van der Waals surface area contributed by atoms with Gasteiger partial charge in [-0.3, -0.25) is 4.90 Å². The van der Waals surface area contributed by atoms with Gasteiger partial charge in [-0.2, -0.15) is 4.31 Å². The van der Waals surface area contributed by atoms with E-state index < -0.39 is 26.6 Å². The summed E-state index contributed by atoms with van der Waals surface area (Å²) in [7, 11) is -3.95. The molecule has 0 N–H and O–H groups in total. The Morgan fingerprint density at radius 3 is 2.50 bits per heavy atom.